The Kier molecular flexibility index (Phi) is 5.92. The first kappa shape index (κ1) is 17.7. The summed E-state index contributed by atoms with van der Waals surface area (Å²) in [6, 6.07) is 6.47. The van der Waals surface area contributed by atoms with E-state index in [-0.39, 0.29) is 11.5 Å². The molecule has 1 aliphatic heterocycles. The van der Waals surface area contributed by atoms with E-state index in [1.807, 2.05) is 0 Å². The van der Waals surface area contributed by atoms with Crippen molar-refractivity contribution in [2.24, 2.45) is 0 Å². The fraction of sp³-hybridized carbons (Fsp3) is 0.438. The summed E-state index contributed by atoms with van der Waals surface area (Å²) in [4.78, 5) is 11.7. The second-order valence-corrected chi connectivity index (χ2v) is 7.43. The number of hydrogen-bond donors (Lipinski definition) is 0. The summed E-state index contributed by atoms with van der Waals surface area (Å²) in [7, 11) is -3.54. The van der Waals surface area contributed by atoms with E-state index in [1.165, 1.54) is 10.4 Å². The Morgan fingerprint density at radius 2 is 2.00 bits per heavy atom. The zero-order valence-electron chi connectivity index (χ0n) is 13.3. The molecule has 6 nitrogen and oxygen atoms in total. The van der Waals surface area contributed by atoms with Gasteiger partial charge in [-0.25, -0.2) is 13.2 Å². The number of benzene rings is 1. The average Bonchev–Trinajstić information content (AvgIpc) is 2.53. The van der Waals surface area contributed by atoms with Crippen molar-refractivity contribution in [3.63, 3.8) is 0 Å². The van der Waals surface area contributed by atoms with Crippen LogP contribution < -0.4 is 0 Å². The number of hydrogen-bond acceptors (Lipinski definition) is 5. The normalized spacial score (nSPS) is 15.9. The lowest BCUT2D eigenvalue weighted by atomic mass is 10.2. The SMILES string of the molecule is CC(C)=CC(=O)OCc1cccc(S(=O)(=O)N2CCOCC2)c1. The molecular formula is C16H21NO5S. The largest absolute Gasteiger partial charge is 0.458 e. The highest BCUT2D eigenvalue weighted by atomic mass is 32.2. The van der Waals surface area contributed by atoms with Crippen molar-refractivity contribution < 1.29 is 22.7 Å². The van der Waals surface area contributed by atoms with Crippen LogP contribution in [-0.4, -0.2) is 45.0 Å². The first-order valence-corrected chi connectivity index (χ1v) is 8.82. The van der Waals surface area contributed by atoms with Crippen LogP contribution in [0.4, 0.5) is 0 Å². The van der Waals surface area contributed by atoms with Crippen LogP contribution >= 0.6 is 0 Å². The van der Waals surface area contributed by atoms with Crippen molar-refractivity contribution in [2.45, 2.75) is 25.3 Å². The van der Waals surface area contributed by atoms with Gasteiger partial charge in [-0.3, -0.25) is 0 Å². The average molecular weight is 339 g/mol. The van der Waals surface area contributed by atoms with Crippen molar-refractivity contribution in [1.29, 1.82) is 0 Å². The highest BCUT2D eigenvalue weighted by Crippen LogP contribution is 2.18. The first-order chi connectivity index (χ1) is 10.9. The zero-order valence-corrected chi connectivity index (χ0v) is 14.1. The number of carbonyl (C=O) groups excluding carboxylic acids is 1. The molecule has 1 fully saturated rings. The summed E-state index contributed by atoms with van der Waals surface area (Å²) >= 11 is 0. The maximum atomic E-state index is 12.6. The topological polar surface area (TPSA) is 72.9 Å². The fourth-order valence-corrected chi connectivity index (χ4v) is 3.64. The van der Waals surface area contributed by atoms with Gasteiger partial charge in [0.1, 0.15) is 6.61 Å². The number of rotatable bonds is 5. The Morgan fingerprint density at radius 3 is 2.65 bits per heavy atom. The smallest absolute Gasteiger partial charge is 0.331 e. The summed E-state index contributed by atoms with van der Waals surface area (Å²) in [5.74, 6) is -0.438. The molecule has 1 heterocycles. The van der Waals surface area contributed by atoms with Crippen molar-refractivity contribution in [3.05, 3.63) is 41.5 Å². The molecule has 1 aliphatic rings. The van der Waals surface area contributed by atoms with E-state index >= 15 is 0 Å². The number of ether oxygens (including phenoxy) is 2. The van der Waals surface area contributed by atoms with E-state index in [2.05, 4.69) is 0 Å². The van der Waals surface area contributed by atoms with Crippen molar-refractivity contribution in [3.8, 4) is 0 Å². The lowest BCUT2D eigenvalue weighted by Crippen LogP contribution is -2.40. The van der Waals surface area contributed by atoms with Crippen LogP contribution in [0.2, 0.25) is 0 Å². The number of morpholine rings is 1. The van der Waals surface area contributed by atoms with Gasteiger partial charge in [-0.1, -0.05) is 17.7 Å². The predicted octanol–water partition coefficient (Wildman–Crippen LogP) is 1.72. The van der Waals surface area contributed by atoms with Gasteiger partial charge in [-0.15, -0.1) is 0 Å². The molecule has 1 aromatic rings. The van der Waals surface area contributed by atoms with Crippen molar-refractivity contribution in [1.82, 2.24) is 4.31 Å². The Hall–Kier alpha value is -1.70. The summed E-state index contributed by atoms with van der Waals surface area (Å²) in [6.45, 7) is 5.14. The third-order valence-corrected chi connectivity index (χ3v) is 5.19. The van der Waals surface area contributed by atoms with Gasteiger partial charge in [0.25, 0.3) is 0 Å². The lowest BCUT2D eigenvalue weighted by molar-refractivity contribution is -0.139. The van der Waals surface area contributed by atoms with Gasteiger partial charge < -0.3 is 9.47 Å². The third-order valence-electron chi connectivity index (χ3n) is 3.29. The molecule has 0 radical (unpaired) electrons. The third kappa shape index (κ3) is 4.89. The van der Waals surface area contributed by atoms with Crippen LogP contribution in [0.25, 0.3) is 0 Å². The summed E-state index contributed by atoms with van der Waals surface area (Å²) in [6.07, 6.45) is 1.40. The standard InChI is InChI=1S/C16H21NO5S/c1-13(2)10-16(18)22-12-14-4-3-5-15(11-14)23(19,20)17-6-8-21-9-7-17/h3-5,10-11H,6-9,12H2,1-2H3. The number of carbonyl (C=O) groups is 1. The first-order valence-electron chi connectivity index (χ1n) is 7.38. The molecule has 1 saturated heterocycles. The Morgan fingerprint density at radius 1 is 1.30 bits per heavy atom. The molecule has 0 saturated carbocycles. The number of nitrogens with zero attached hydrogens (tertiary/aromatic N) is 1. The molecule has 0 aliphatic carbocycles. The predicted molar refractivity (Wildman–Crippen MR) is 85.2 cm³/mol. The van der Waals surface area contributed by atoms with Gasteiger partial charge in [-0.05, 0) is 31.5 Å². The molecule has 1 aromatic carbocycles. The van der Waals surface area contributed by atoms with Crippen LogP contribution in [0.1, 0.15) is 19.4 Å². The second-order valence-electron chi connectivity index (χ2n) is 5.49. The zero-order chi connectivity index (χ0) is 16.9. The monoisotopic (exact) mass is 339 g/mol. The van der Waals surface area contributed by atoms with Gasteiger partial charge in [-0.2, -0.15) is 4.31 Å². The Labute approximate surface area is 136 Å². The van der Waals surface area contributed by atoms with E-state index in [9.17, 15) is 13.2 Å². The molecule has 0 amide bonds. The molecule has 0 bridgehead atoms. The maximum absolute atomic E-state index is 12.6. The van der Waals surface area contributed by atoms with Gasteiger partial charge in [0.15, 0.2) is 0 Å². The molecule has 0 N–H and O–H groups in total. The van der Waals surface area contributed by atoms with E-state index in [4.69, 9.17) is 9.47 Å². The minimum absolute atomic E-state index is 0.0368. The van der Waals surface area contributed by atoms with Crippen molar-refractivity contribution >= 4 is 16.0 Å². The number of allylic oxidation sites excluding steroid dienone is 1. The van der Waals surface area contributed by atoms with Crippen molar-refractivity contribution in [2.75, 3.05) is 26.3 Å². The molecule has 7 heteroatoms. The summed E-state index contributed by atoms with van der Waals surface area (Å²) < 4.78 is 36.9. The Bertz CT molecular complexity index is 686. The highest BCUT2D eigenvalue weighted by molar-refractivity contribution is 7.89. The molecule has 126 valence electrons. The number of sulfonamides is 1. The van der Waals surface area contributed by atoms with E-state index in [0.717, 1.165) is 5.57 Å². The summed E-state index contributed by atoms with van der Waals surface area (Å²) in [5.41, 5.74) is 1.48. The maximum Gasteiger partial charge on any atom is 0.331 e. The van der Waals surface area contributed by atoms with Crippen LogP contribution in [0.3, 0.4) is 0 Å². The number of esters is 1. The molecule has 0 aromatic heterocycles. The van der Waals surface area contributed by atoms with Gasteiger partial charge in [0.2, 0.25) is 10.0 Å². The van der Waals surface area contributed by atoms with E-state index in [0.29, 0.717) is 31.9 Å². The quantitative estimate of drug-likeness (QED) is 0.603. The Balaban J connectivity index is 2.10. The van der Waals surface area contributed by atoms with Crippen LogP contribution in [-0.2, 0) is 30.9 Å². The minimum atomic E-state index is -3.54. The van der Waals surface area contributed by atoms with Gasteiger partial charge in [0, 0.05) is 19.2 Å². The molecular weight excluding hydrogens is 318 g/mol. The molecule has 23 heavy (non-hydrogen) atoms. The van der Waals surface area contributed by atoms with Crippen LogP contribution in [0.5, 0.6) is 0 Å². The molecule has 0 atom stereocenters. The summed E-state index contributed by atoms with van der Waals surface area (Å²) in [5, 5.41) is 0. The minimum Gasteiger partial charge on any atom is -0.458 e. The lowest BCUT2D eigenvalue weighted by Gasteiger charge is -2.26. The van der Waals surface area contributed by atoms with E-state index < -0.39 is 16.0 Å². The van der Waals surface area contributed by atoms with Crippen LogP contribution in [0.15, 0.2) is 40.8 Å². The van der Waals surface area contributed by atoms with Crippen LogP contribution in [0, 0.1) is 0 Å². The van der Waals surface area contributed by atoms with Gasteiger partial charge in [0.05, 0.1) is 18.1 Å². The molecule has 2 rings (SSSR count). The molecule has 0 unspecified atom stereocenters. The van der Waals surface area contributed by atoms with E-state index in [1.54, 1.807) is 38.1 Å². The second kappa shape index (κ2) is 7.72. The molecule has 0 spiro atoms. The highest BCUT2D eigenvalue weighted by Gasteiger charge is 2.26. The van der Waals surface area contributed by atoms with Gasteiger partial charge >= 0.3 is 5.97 Å². The fourth-order valence-electron chi connectivity index (χ4n) is 2.16.